The van der Waals surface area contributed by atoms with Crippen LogP contribution in [0.5, 0.6) is 11.5 Å². The van der Waals surface area contributed by atoms with Crippen molar-refractivity contribution in [3.63, 3.8) is 0 Å². The molecule has 0 aliphatic rings. The predicted molar refractivity (Wildman–Crippen MR) is 139 cm³/mol. The molecule has 10 heteroatoms. The normalized spacial score (nSPS) is 10.8. The Morgan fingerprint density at radius 3 is 2.44 bits per heavy atom. The number of hydrogen-bond donors (Lipinski definition) is 1. The van der Waals surface area contributed by atoms with Crippen LogP contribution in [-0.4, -0.2) is 23.7 Å². The summed E-state index contributed by atoms with van der Waals surface area (Å²) in [5, 5.41) is 15.4. The fraction of sp³-hybridized carbons (Fsp3) is 0.167. The fourth-order valence-corrected chi connectivity index (χ4v) is 3.85. The van der Waals surface area contributed by atoms with Gasteiger partial charge < -0.3 is 9.47 Å². The van der Waals surface area contributed by atoms with Gasteiger partial charge in [0.05, 0.1) is 27.7 Å². The molecule has 0 saturated heterocycles. The Bertz CT molecular complexity index is 1180. The summed E-state index contributed by atoms with van der Waals surface area (Å²) in [6, 6.07) is 16.9. The first-order chi connectivity index (χ1) is 16.4. The SMILES string of the molecule is CCOc1cc(/C=N\NC(=O)Cc2ccc([N+](=O)[O-])cc2)cc(I)c1OCc1ccc(Cl)cc1. The number of amides is 1. The van der Waals surface area contributed by atoms with E-state index in [1.165, 1.54) is 18.3 Å². The van der Waals surface area contributed by atoms with Crippen LogP contribution in [0, 0.1) is 13.7 Å². The van der Waals surface area contributed by atoms with Crippen LogP contribution in [0.25, 0.3) is 0 Å². The van der Waals surface area contributed by atoms with Crippen LogP contribution in [-0.2, 0) is 17.8 Å². The average Bonchev–Trinajstić information content (AvgIpc) is 2.80. The number of carbonyl (C=O) groups excluding carboxylic acids is 1. The Morgan fingerprint density at radius 2 is 1.79 bits per heavy atom. The van der Waals surface area contributed by atoms with Crippen LogP contribution in [0.1, 0.15) is 23.6 Å². The molecular formula is C24H21ClIN3O5. The first-order valence-electron chi connectivity index (χ1n) is 10.2. The third kappa shape index (κ3) is 7.42. The molecule has 3 aromatic rings. The summed E-state index contributed by atoms with van der Waals surface area (Å²) >= 11 is 8.10. The van der Waals surface area contributed by atoms with Gasteiger partial charge in [-0.05, 0) is 70.5 Å². The molecule has 34 heavy (non-hydrogen) atoms. The number of ether oxygens (including phenoxy) is 2. The van der Waals surface area contributed by atoms with Gasteiger partial charge in [-0.1, -0.05) is 35.9 Å². The molecule has 1 N–H and O–H groups in total. The average molecular weight is 594 g/mol. The van der Waals surface area contributed by atoms with Crippen LogP contribution < -0.4 is 14.9 Å². The van der Waals surface area contributed by atoms with Gasteiger partial charge in [0.25, 0.3) is 5.69 Å². The van der Waals surface area contributed by atoms with Crippen LogP contribution in [0.4, 0.5) is 5.69 Å². The number of nitro groups is 1. The lowest BCUT2D eigenvalue weighted by atomic mass is 10.1. The van der Waals surface area contributed by atoms with Gasteiger partial charge in [0.2, 0.25) is 5.91 Å². The number of non-ortho nitro benzene ring substituents is 1. The van der Waals surface area contributed by atoms with Crippen molar-refractivity contribution in [2.24, 2.45) is 5.10 Å². The maximum absolute atomic E-state index is 12.1. The summed E-state index contributed by atoms with van der Waals surface area (Å²) < 4.78 is 12.6. The minimum Gasteiger partial charge on any atom is -0.490 e. The molecule has 0 heterocycles. The van der Waals surface area contributed by atoms with Crippen molar-refractivity contribution < 1.29 is 19.2 Å². The van der Waals surface area contributed by atoms with Crippen molar-refractivity contribution in [3.05, 3.63) is 96.1 Å². The molecule has 0 aliphatic heterocycles. The zero-order valence-electron chi connectivity index (χ0n) is 18.2. The fourth-order valence-electron chi connectivity index (χ4n) is 2.94. The molecule has 0 unspecified atom stereocenters. The molecule has 0 spiro atoms. The van der Waals surface area contributed by atoms with E-state index >= 15 is 0 Å². The maximum Gasteiger partial charge on any atom is 0.269 e. The Kier molecular flexibility index (Phi) is 9.23. The molecule has 0 bridgehead atoms. The maximum atomic E-state index is 12.1. The van der Waals surface area contributed by atoms with Gasteiger partial charge in [0, 0.05) is 17.2 Å². The van der Waals surface area contributed by atoms with E-state index in [0.717, 1.165) is 14.7 Å². The zero-order valence-corrected chi connectivity index (χ0v) is 21.1. The second kappa shape index (κ2) is 12.3. The summed E-state index contributed by atoms with van der Waals surface area (Å²) in [6.45, 7) is 2.70. The quantitative estimate of drug-likeness (QED) is 0.144. The standard InChI is InChI=1S/C24H21ClIN3O5/c1-2-33-22-12-18(11-21(26)24(22)34-15-17-3-7-19(25)8-4-17)14-27-28-23(30)13-16-5-9-20(10-6-16)29(31)32/h3-12,14H,2,13,15H2,1H3,(H,28,30)/b27-14-. The van der Waals surface area contributed by atoms with Gasteiger partial charge in [0.1, 0.15) is 6.61 Å². The van der Waals surface area contributed by atoms with Crippen LogP contribution in [0.2, 0.25) is 5.02 Å². The van der Waals surface area contributed by atoms with Gasteiger partial charge >= 0.3 is 0 Å². The number of rotatable bonds is 10. The third-order valence-electron chi connectivity index (χ3n) is 4.54. The van der Waals surface area contributed by atoms with Gasteiger partial charge in [-0.15, -0.1) is 0 Å². The highest BCUT2D eigenvalue weighted by Gasteiger charge is 2.12. The molecule has 0 radical (unpaired) electrons. The Balaban J connectivity index is 1.63. The number of nitrogens with one attached hydrogen (secondary N) is 1. The monoisotopic (exact) mass is 593 g/mol. The molecule has 0 atom stereocenters. The second-order valence-electron chi connectivity index (χ2n) is 7.07. The van der Waals surface area contributed by atoms with E-state index in [2.05, 4.69) is 33.1 Å². The molecular weight excluding hydrogens is 573 g/mol. The Morgan fingerprint density at radius 1 is 1.12 bits per heavy atom. The number of carbonyl (C=O) groups is 1. The summed E-state index contributed by atoms with van der Waals surface area (Å²) in [5.41, 5.74) is 4.79. The van der Waals surface area contributed by atoms with E-state index in [-0.39, 0.29) is 18.0 Å². The third-order valence-corrected chi connectivity index (χ3v) is 5.60. The lowest BCUT2D eigenvalue weighted by molar-refractivity contribution is -0.384. The Hall–Kier alpha value is -3.18. The molecule has 1 amide bonds. The first-order valence-corrected chi connectivity index (χ1v) is 11.7. The molecule has 0 saturated carbocycles. The van der Waals surface area contributed by atoms with Crippen LogP contribution in [0.3, 0.4) is 0 Å². The molecule has 3 aromatic carbocycles. The number of nitro benzene ring substituents is 1. The molecule has 8 nitrogen and oxygen atoms in total. The molecule has 0 fully saturated rings. The van der Waals surface area contributed by atoms with Crippen LogP contribution in [0.15, 0.2) is 65.8 Å². The number of hydrogen-bond acceptors (Lipinski definition) is 6. The minimum absolute atomic E-state index is 0.0255. The summed E-state index contributed by atoms with van der Waals surface area (Å²) in [7, 11) is 0. The highest BCUT2D eigenvalue weighted by atomic mass is 127. The molecule has 3 rings (SSSR count). The second-order valence-corrected chi connectivity index (χ2v) is 8.67. The number of benzene rings is 3. The van der Waals surface area contributed by atoms with Crippen molar-refractivity contribution in [2.75, 3.05) is 6.61 Å². The summed E-state index contributed by atoms with van der Waals surface area (Å²) in [5.74, 6) is 0.853. The lowest BCUT2D eigenvalue weighted by Crippen LogP contribution is -2.19. The predicted octanol–water partition coefficient (Wildman–Crippen LogP) is 5.52. The van der Waals surface area contributed by atoms with Gasteiger partial charge in [-0.3, -0.25) is 14.9 Å². The first kappa shape index (κ1) is 25.4. The van der Waals surface area contributed by atoms with Crippen molar-refractivity contribution in [1.82, 2.24) is 5.43 Å². The topological polar surface area (TPSA) is 103 Å². The highest BCUT2D eigenvalue weighted by Crippen LogP contribution is 2.34. The largest absolute Gasteiger partial charge is 0.490 e. The van der Waals surface area contributed by atoms with Gasteiger partial charge in [-0.2, -0.15) is 5.10 Å². The number of nitrogens with zero attached hydrogens (tertiary/aromatic N) is 2. The summed E-state index contributed by atoms with van der Waals surface area (Å²) in [6.07, 6.45) is 1.57. The number of hydrazone groups is 1. The smallest absolute Gasteiger partial charge is 0.269 e. The summed E-state index contributed by atoms with van der Waals surface area (Å²) in [4.78, 5) is 22.4. The highest BCUT2D eigenvalue weighted by molar-refractivity contribution is 14.1. The lowest BCUT2D eigenvalue weighted by Gasteiger charge is -2.15. The molecule has 176 valence electrons. The van der Waals surface area contributed by atoms with Crippen molar-refractivity contribution in [3.8, 4) is 11.5 Å². The Labute approximate surface area is 215 Å². The van der Waals surface area contributed by atoms with Crippen LogP contribution >= 0.6 is 34.2 Å². The van der Waals surface area contributed by atoms with Crippen molar-refractivity contribution in [2.45, 2.75) is 20.0 Å². The zero-order chi connectivity index (χ0) is 24.5. The van der Waals surface area contributed by atoms with E-state index in [1.54, 1.807) is 18.2 Å². The van der Waals surface area contributed by atoms with E-state index < -0.39 is 4.92 Å². The number of halogens is 2. The van der Waals surface area contributed by atoms with Gasteiger partial charge in [0.15, 0.2) is 11.5 Å². The van der Waals surface area contributed by atoms with Crippen molar-refractivity contribution in [1.29, 1.82) is 0 Å². The van der Waals surface area contributed by atoms with E-state index in [9.17, 15) is 14.9 Å². The minimum atomic E-state index is -0.486. The van der Waals surface area contributed by atoms with Crippen molar-refractivity contribution >= 4 is 52.0 Å². The van der Waals surface area contributed by atoms with E-state index in [4.69, 9.17) is 21.1 Å². The van der Waals surface area contributed by atoms with Gasteiger partial charge in [-0.25, -0.2) is 5.43 Å². The molecule has 0 aliphatic carbocycles. The van der Waals surface area contributed by atoms with E-state index in [0.29, 0.717) is 35.3 Å². The van der Waals surface area contributed by atoms with E-state index in [1.807, 2.05) is 37.3 Å². The molecule has 0 aromatic heterocycles.